The topological polar surface area (TPSA) is 75.8 Å². The molecule has 0 radical (unpaired) electrons. The molecule has 1 heterocycles. The fourth-order valence-electron chi connectivity index (χ4n) is 4.56. The summed E-state index contributed by atoms with van der Waals surface area (Å²) >= 11 is 0. The number of primary amides is 1. The number of fused-ring (bicyclic) bond motifs is 2. The summed E-state index contributed by atoms with van der Waals surface area (Å²) in [6.07, 6.45) is 3.39. The monoisotopic (exact) mass is 340 g/mol. The van der Waals surface area contributed by atoms with Gasteiger partial charge < -0.3 is 20.5 Å². The number of ether oxygens (including phenoxy) is 1. The Hall–Kier alpha value is -1.30. The molecular formula is C17H25ClN2O3. The largest absolute Gasteiger partial charge is 0.508 e. The second-order valence-corrected chi connectivity index (χ2v) is 6.68. The van der Waals surface area contributed by atoms with Crippen LogP contribution in [0.25, 0.3) is 0 Å². The predicted octanol–water partition coefficient (Wildman–Crippen LogP) is 2.12. The minimum absolute atomic E-state index is 0. The van der Waals surface area contributed by atoms with Gasteiger partial charge in [0.2, 0.25) is 5.91 Å². The molecule has 1 aliphatic carbocycles. The minimum atomic E-state index is -0.526. The third-order valence-corrected chi connectivity index (χ3v) is 5.37. The van der Waals surface area contributed by atoms with Gasteiger partial charge in [-0.3, -0.25) is 4.79 Å². The van der Waals surface area contributed by atoms with Crippen LogP contribution < -0.4 is 5.73 Å². The first kappa shape index (κ1) is 18.0. The van der Waals surface area contributed by atoms with Gasteiger partial charge in [-0.15, -0.1) is 12.4 Å². The molecule has 3 N–H and O–H groups in total. The normalized spacial score (nSPS) is 30.5. The number of nitrogens with zero attached hydrogens (tertiary/aromatic N) is 1. The van der Waals surface area contributed by atoms with Gasteiger partial charge in [0.15, 0.2) is 0 Å². The molecule has 1 saturated carbocycles. The number of rotatable bonds is 3. The van der Waals surface area contributed by atoms with Crippen molar-refractivity contribution in [1.82, 2.24) is 4.90 Å². The summed E-state index contributed by atoms with van der Waals surface area (Å²) in [5.41, 5.74) is 6.19. The molecule has 1 amide bonds. The highest BCUT2D eigenvalue weighted by Gasteiger charge is 2.52. The zero-order chi connectivity index (χ0) is 15.9. The van der Waals surface area contributed by atoms with E-state index in [1.54, 1.807) is 19.2 Å². The SMILES string of the molecule is COC1(c2cc(O)cc(C(N)=O)c2)C2CCCC1CN(C)C2.Cl. The number of likely N-dealkylation sites (tertiary alicyclic amines) is 1. The van der Waals surface area contributed by atoms with Crippen LogP contribution >= 0.6 is 12.4 Å². The summed E-state index contributed by atoms with van der Waals surface area (Å²) in [6, 6.07) is 4.94. The Labute approximate surface area is 143 Å². The molecule has 2 bridgehead atoms. The molecule has 23 heavy (non-hydrogen) atoms. The van der Waals surface area contributed by atoms with E-state index < -0.39 is 11.5 Å². The quantitative estimate of drug-likeness (QED) is 0.883. The lowest BCUT2D eigenvalue weighted by Gasteiger charge is -2.54. The second kappa shape index (κ2) is 6.67. The van der Waals surface area contributed by atoms with Gasteiger partial charge in [-0.1, -0.05) is 6.42 Å². The second-order valence-electron chi connectivity index (χ2n) is 6.68. The van der Waals surface area contributed by atoms with Crippen LogP contribution in [0, 0.1) is 11.8 Å². The maximum atomic E-state index is 11.5. The van der Waals surface area contributed by atoms with E-state index in [0.717, 1.165) is 31.5 Å². The van der Waals surface area contributed by atoms with Gasteiger partial charge in [0, 0.05) is 37.6 Å². The number of methoxy groups -OCH3 is 1. The molecule has 2 unspecified atom stereocenters. The van der Waals surface area contributed by atoms with Crippen molar-refractivity contribution < 1.29 is 14.6 Å². The van der Waals surface area contributed by atoms with E-state index in [1.165, 1.54) is 12.5 Å². The van der Waals surface area contributed by atoms with Gasteiger partial charge in [0.25, 0.3) is 0 Å². The fraction of sp³-hybridized carbons (Fsp3) is 0.588. The average Bonchev–Trinajstić information content (AvgIpc) is 2.45. The number of hydrogen-bond acceptors (Lipinski definition) is 4. The number of benzene rings is 1. The zero-order valence-corrected chi connectivity index (χ0v) is 14.4. The van der Waals surface area contributed by atoms with Crippen molar-refractivity contribution in [2.45, 2.75) is 24.9 Å². The Morgan fingerprint density at radius 1 is 1.30 bits per heavy atom. The highest BCUT2D eigenvalue weighted by molar-refractivity contribution is 5.93. The van der Waals surface area contributed by atoms with E-state index in [1.807, 2.05) is 0 Å². The van der Waals surface area contributed by atoms with Crippen LogP contribution in [0.1, 0.15) is 35.2 Å². The minimum Gasteiger partial charge on any atom is -0.508 e. The number of carbonyl (C=O) groups is 1. The molecule has 2 fully saturated rings. The highest BCUT2D eigenvalue weighted by atomic mass is 35.5. The molecule has 128 valence electrons. The van der Waals surface area contributed by atoms with E-state index in [0.29, 0.717) is 17.4 Å². The zero-order valence-electron chi connectivity index (χ0n) is 13.6. The third-order valence-electron chi connectivity index (χ3n) is 5.37. The lowest BCUT2D eigenvalue weighted by Crippen LogP contribution is -2.58. The highest BCUT2D eigenvalue weighted by Crippen LogP contribution is 2.51. The number of phenols is 1. The van der Waals surface area contributed by atoms with Gasteiger partial charge in [-0.05, 0) is 43.7 Å². The average molecular weight is 341 g/mol. The lowest BCUT2D eigenvalue weighted by atomic mass is 9.62. The van der Waals surface area contributed by atoms with Crippen molar-refractivity contribution in [3.63, 3.8) is 0 Å². The molecule has 1 aromatic carbocycles. The van der Waals surface area contributed by atoms with E-state index in [2.05, 4.69) is 11.9 Å². The Morgan fingerprint density at radius 3 is 2.43 bits per heavy atom. The summed E-state index contributed by atoms with van der Waals surface area (Å²) in [5.74, 6) is 0.260. The van der Waals surface area contributed by atoms with Gasteiger partial charge >= 0.3 is 0 Å². The molecule has 0 aromatic heterocycles. The molecule has 1 aromatic rings. The molecule has 2 atom stereocenters. The van der Waals surface area contributed by atoms with E-state index in [-0.39, 0.29) is 18.2 Å². The number of piperidine rings is 1. The van der Waals surface area contributed by atoms with Crippen LogP contribution in [-0.4, -0.2) is 43.2 Å². The van der Waals surface area contributed by atoms with Crippen molar-refractivity contribution in [3.8, 4) is 5.75 Å². The molecule has 1 saturated heterocycles. The lowest BCUT2D eigenvalue weighted by molar-refractivity contribution is -0.165. The number of amides is 1. The van der Waals surface area contributed by atoms with Gasteiger partial charge in [0.1, 0.15) is 11.4 Å². The summed E-state index contributed by atoms with van der Waals surface area (Å²) in [4.78, 5) is 13.9. The van der Waals surface area contributed by atoms with E-state index >= 15 is 0 Å². The smallest absolute Gasteiger partial charge is 0.248 e. The Balaban J connectivity index is 0.00000192. The Bertz CT molecular complexity index is 579. The number of phenolic OH excluding ortho intramolecular Hbond substituents is 1. The number of carbonyl (C=O) groups excluding carboxylic acids is 1. The van der Waals surface area contributed by atoms with Gasteiger partial charge in [0.05, 0.1) is 0 Å². The summed E-state index contributed by atoms with van der Waals surface area (Å²) in [5, 5.41) is 10.0. The summed E-state index contributed by atoms with van der Waals surface area (Å²) < 4.78 is 6.08. The molecular weight excluding hydrogens is 316 g/mol. The molecule has 2 aliphatic rings. The van der Waals surface area contributed by atoms with Crippen LogP contribution in [0.5, 0.6) is 5.75 Å². The summed E-state index contributed by atoms with van der Waals surface area (Å²) in [6.45, 7) is 1.93. The first-order valence-electron chi connectivity index (χ1n) is 7.85. The number of nitrogens with two attached hydrogens (primary N) is 1. The van der Waals surface area contributed by atoms with E-state index in [4.69, 9.17) is 10.5 Å². The Kier molecular flexibility index (Phi) is 5.23. The molecule has 5 nitrogen and oxygen atoms in total. The van der Waals surface area contributed by atoms with Crippen molar-refractivity contribution in [2.24, 2.45) is 17.6 Å². The van der Waals surface area contributed by atoms with Crippen LogP contribution in [0.4, 0.5) is 0 Å². The number of aromatic hydroxyl groups is 1. The van der Waals surface area contributed by atoms with Crippen LogP contribution in [0.3, 0.4) is 0 Å². The molecule has 6 heteroatoms. The first-order valence-corrected chi connectivity index (χ1v) is 7.85. The first-order chi connectivity index (χ1) is 10.5. The summed E-state index contributed by atoms with van der Waals surface area (Å²) in [7, 11) is 3.88. The maximum Gasteiger partial charge on any atom is 0.248 e. The molecule has 1 aliphatic heterocycles. The predicted molar refractivity (Wildman–Crippen MR) is 90.9 cm³/mol. The molecule has 3 rings (SSSR count). The van der Waals surface area contributed by atoms with E-state index in [9.17, 15) is 9.90 Å². The van der Waals surface area contributed by atoms with Gasteiger partial charge in [-0.2, -0.15) is 0 Å². The van der Waals surface area contributed by atoms with Crippen LogP contribution in [0.2, 0.25) is 0 Å². The third kappa shape index (κ3) is 2.93. The maximum absolute atomic E-state index is 11.5. The standard InChI is InChI=1S/C17H24N2O3.ClH/c1-19-9-12-4-3-5-13(10-19)17(12,22-2)14-6-11(16(18)21)7-15(20)8-14;/h6-8,12-13,20H,3-5,9-10H2,1-2H3,(H2,18,21);1H. The van der Waals surface area contributed by atoms with Crippen LogP contribution in [0.15, 0.2) is 18.2 Å². The number of halogens is 1. The van der Waals surface area contributed by atoms with Crippen molar-refractivity contribution in [2.75, 3.05) is 27.2 Å². The number of hydrogen-bond donors (Lipinski definition) is 2. The van der Waals surface area contributed by atoms with Gasteiger partial charge in [-0.25, -0.2) is 0 Å². The van der Waals surface area contributed by atoms with Crippen molar-refractivity contribution >= 4 is 18.3 Å². The van der Waals surface area contributed by atoms with Crippen molar-refractivity contribution in [1.29, 1.82) is 0 Å². The Morgan fingerprint density at radius 2 is 1.91 bits per heavy atom. The van der Waals surface area contributed by atoms with Crippen LogP contribution in [-0.2, 0) is 10.3 Å². The molecule has 0 spiro atoms. The van der Waals surface area contributed by atoms with Crippen molar-refractivity contribution in [3.05, 3.63) is 29.3 Å². The fourth-order valence-corrected chi connectivity index (χ4v) is 4.56.